The Morgan fingerprint density at radius 2 is 2.38 bits per heavy atom. The maximum absolute atomic E-state index is 3.15. The van der Waals surface area contributed by atoms with Crippen molar-refractivity contribution in [2.75, 3.05) is 0 Å². The lowest BCUT2D eigenvalue weighted by Gasteiger charge is -2.22. The molecule has 0 spiro atoms. The van der Waals surface area contributed by atoms with Gasteiger partial charge in [0.05, 0.1) is 0 Å². The van der Waals surface area contributed by atoms with Crippen molar-refractivity contribution in [3.63, 3.8) is 0 Å². The Morgan fingerprint density at radius 1 is 1.50 bits per heavy atom. The zero-order valence-electron chi connectivity index (χ0n) is 9.53. The Bertz CT molecular complexity index is 436. The average Bonchev–Trinajstić information content (AvgIpc) is 2.70. The third-order valence-corrected chi connectivity index (χ3v) is 7.33. The molecule has 1 aromatic rings. The average molecular weight is 267 g/mol. The number of allylic oxidation sites excluding steroid dienone is 1. The summed E-state index contributed by atoms with van der Waals surface area (Å²) in [5, 5.41) is 2.27. The van der Waals surface area contributed by atoms with Crippen LogP contribution in [-0.4, -0.2) is 4.99 Å². The van der Waals surface area contributed by atoms with E-state index in [4.69, 9.17) is 0 Å². The highest BCUT2D eigenvalue weighted by atomic mass is 32.2. The summed E-state index contributed by atoms with van der Waals surface area (Å²) in [4.78, 5) is 2.04. The molecule has 0 saturated heterocycles. The van der Waals surface area contributed by atoms with Gasteiger partial charge >= 0.3 is 0 Å². The number of hydrogen-bond acceptors (Lipinski definition) is 1. The van der Waals surface area contributed by atoms with Crippen molar-refractivity contribution in [2.45, 2.75) is 25.3 Å². The van der Waals surface area contributed by atoms with Gasteiger partial charge in [0.15, 0.2) is 4.62 Å². The monoisotopic (exact) mass is 267 g/mol. The van der Waals surface area contributed by atoms with Crippen LogP contribution in [0.3, 0.4) is 0 Å². The molecule has 2 rings (SSSR count). The Morgan fingerprint density at radius 3 is 3.12 bits per heavy atom. The first-order valence-electron chi connectivity index (χ1n) is 5.43. The van der Waals surface area contributed by atoms with Gasteiger partial charge in [-0.05, 0) is 50.5 Å². The van der Waals surface area contributed by atoms with E-state index in [1.807, 2.05) is 18.7 Å². The molecule has 16 heavy (non-hydrogen) atoms. The van der Waals surface area contributed by atoms with E-state index in [1.54, 1.807) is 4.62 Å². The van der Waals surface area contributed by atoms with E-state index in [2.05, 4.69) is 42.4 Å². The number of rotatable bonds is 2. The number of thiophene rings is 1. The summed E-state index contributed by atoms with van der Waals surface area (Å²) in [6, 6.07) is 4.44. The van der Waals surface area contributed by atoms with Crippen molar-refractivity contribution in [2.24, 2.45) is 5.92 Å². The highest BCUT2D eigenvalue weighted by Crippen LogP contribution is 2.41. The maximum atomic E-state index is 3.15. The van der Waals surface area contributed by atoms with Gasteiger partial charge < -0.3 is 0 Å². The Labute approximate surface area is 108 Å². The molecule has 2 heterocycles. The third-order valence-electron chi connectivity index (χ3n) is 2.53. The Hall–Kier alpha value is -0.220. The summed E-state index contributed by atoms with van der Waals surface area (Å²) < 4.78 is 1.55. The van der Waals surface area contributed by atoms with Gasteiger partial charge in [0, 0.05) is 17.1 Å². The number of hydrogen-bond donors (Lipinski definition) is 0. The highest BCUT2D eigenvalue weighted by molar-refractivity contribution is 8.07. The van der Waals surface area contributed by atoms with Crippen LogP contribution < -0.4 is 4.62 Å². The summed E-state index contributed by atoms with van der Waals surface area (Å²) in [7, 11) is 0.946. The Balaban J connectivity index is 2.02. The van der Waals surface area contributed by atoms with E-state index in [9.17, 15) is 0 Å². The molecule has 1 aliphatic heterocycles. The predicted octanol–water partition coefficient (Wildman–Crippen LogP) is 3.77. The van der Waals surface area contributed by atoms with Crippen LogP contribution in [0.1, 0.15) is 25.1 Å². The molecule has 3 unspecified atom stereocenters. The lowest BCUT2D eigenvalue weighted by Crippen LogP contribution is -2.12. The van der Waals surface area contributed by atoms with Crippen molar-refractivity contribution in [3.05, 3.63) is 28.5 Å². The summed E-state index contributed by atoms with van der Waals surface area (Å²) in [6.45, 7) is 4.27. The molecule has 3 atom stereocenters. The van der Waals surface area contributed by atoms with Crippen LogP contribution in [0.5, 0.6) is 0 Å². The van der Waals surface area contributed by atoms with Crippen LogP contribution in [0, 0.1) is 17.8 Å². The number of thioether (sulfide) groups is 1. The van der Waals surface area contributed by atoms with Gasteiger partial charge in [0.1, 0.15) is 0 Å². The maximum Gasteiger partial charge on any atom is 0.222 e. The van der Waals surface area contributed by atoms with Crippen molar-refractivity contribution >= 4 is 36.3 Å². The standard InChI is InChI=1S/C13H15PS2/c1-3-5-11-7-8-12(16-11)14-13-10(2)6-4-9-15-13/h4,7-10,13-14H,6H2,1-2H3/p+1. The van der Waals surface area contributed by atoms with E-state index < -0.39 is 0 Å². The summed E-state index contributed by atoms with van der Waals surface area (Å²) >= 11 is 3.34. The molecule has 0 fully saturated rings. The van der Waals surface area contributed by atoms with Gasteiger partial charge in [0.2, 0.25) is 4.88 Å². The molecule has 0 radical (unpaired) electrons. The second kappa shape index (κ2) is 5.92. The second-order valence-corrected chi connectivity index (χ2v) is 8.40. The minimum Gasteiger partial charge on any atom is -0.126 e. The van der Waals surface area contributed by atoms with Crippen LogP contribution in [0.2, 0.25) is 0 Å². The normalized spacial score (nSPS) is 24.6. The van der Waals surface area contributed by atoms with E-state index >= 15 is 0 Å². The first-order chi connectivity index (χ1) is 7.79. The van der Waals surface area contributed by atoms with Gasteiger partial charge in [-0.25, -0.2) is 0 Å². The lowest BCUT2D eigenvalue weighted by molar-refractivity contribution is 0.646. The quantitative estimate of drug-likeness (QED) is 0.446. The lowest BCUT2D eigenvalue weighted by atomic mass is 10.1. The van der Waals surface area contributed by atoms with Crippen molar-refractivity contribution in [1.82, 2.24) is 0 Å². The smallest absolute Gasteiger partial charge is 0.126 e. The van der Waals surface area contributed by atoms with Crippen LogP contribution in [0.15, 0.2) is 23.6 Å². The summed E-state index contributed by atoms with van der Waals surface area (Å²) in [5.41, 5.74) is 0. The molecule has 0 aromatic carbocycles. The summed E-state index contributed by atoms with van der Waals surface area (Å²) in [6.07, 6.45) is 3.53. The fourth-order valence-electron chi connectivity index (χ4n) is 1.63. The van der Waals surface area contributed by atoms with Gasteiger partial charge in [-0.1, -0.05) is 18.9 Å². The van der Waals surface area contributed by atoms with Gasteiger partial charge in [-0.2, -0.15) is 0 Å². The van der Waals surface area contributed by atoms with E-state index in [0.29, 0.717) is 0 Å². The molecule has 0 N–H and O–H groups in total. The molecule has 0 nitrogen and oxygen atoms in total. The highest BCUT2D eigenvalue weighted by Gasteiger charge is 2.22. The van der Waals surface area contributed by atoms with Gasteiger partial charge in [-0.15, -0.1) is 11.8 Å². The van der Waals surface area contributed by atoms with E-state index in [1.165, 1.54) is 22.6 Å². The molecular weight excluding hydrogens is 251 g/mol. The van der Waals surface area contributed by atoms with Crippen molar-refractivity contribution in [3.8, 4) is 11.8 Å². The van der Waals surface area contributed by atoms with Gasteiger partial charge in [0.25, 0.3) is 0 Å². The molecule has 3 heteroatoms. The summed E-state index contributed by atoms with van der Waals surface area (Å²) in [5.74, 6) is 6.93. The van der Waals surface area contributed by atoms with Crippen molar-refractivity contribution in [1.29, 1.82) is 0 Å². The molecule has 0 bridgehead atoms. The SMILES string of the molecule is CC#Cc1ccc(PC2SC=CCC2C)[sH+]1. The predicted molar refractivity (Wildman–Crippen MR) is 80.5 cm³/mol. The molecule has 0 aliphatic carbocycles. The molecule has 0 amide bonds. The van der Waals surface area contributed by atoms with E-state index in [0.717, 1.165) is 19.5 Å². The van der Waals surface area contributed by atoms with Crippen LogP contribution in [0.4, 0.5) is 0 Å². The molecule has 84 valence electrons. The first kappa shape index (κ1) is 12.2. The third kappa shape index (κ3) is 3.14. The first-order valence-corrected chi connectivity index (χ1v) is 8.34. The topological polar surface area (TPSA) is 0 Å². The molecular formula is C13H16PS2+. The second-order valence-electron chi connectivity index (χ2n) is 3.88. The molecule has 1 aliphatic rings. The zero-order valence-corrected chi connectivity index (χ0v) is 12.2. The van der Waals surface area contributed by atoms with E-state index in [-0.39, 0.29) is 0 Å². The van der Waals surface area contributed by atoms with Crippen LogP contribution in [0.25, 0.3) is 0 Å². The van der Waals surface area contributed by atoms with Gasteiger partial charge in [-0.3, -0.25) is 0 Å². The van der Waals surface area contributed by atoms with Crippen LogP contribution in [-0.2, 0) is 0 Å². The van der Waals surface area contributed by atoms with Crippen molar-refractivity contribution < 1.29 is 0 Å². The molecule has 1 aromatic heterocycles. The van der Waals surface area contributed by atoms with Crippen LogP contribution >= 0.6 is 31.7 Å². The zero-order chi connectivity index (χ0) is 11.4. The Kier molecular flexibility index (Phi) is 4.53. The fourth-order valence-corrected chi connectivity index (χ4v) is 6.21. The largest absolute Gasteiger partial charge is 0.222 e. The minimum absolute atomic E-state index is 0.783. The fraction of sp³-hybridized carbons (Fsp3) is 0.385. The molecule has 0 saturated carbocycles. The minimum atomic E-state index is 0.783.